The molecule has 5 nitrogen and oxygen atoms in total. The Morgan fingerprint density at radius 1 is 1.38 bits per heavy atom. The molecule has 3 aromatic heterocycles. The van der Waals surface area contributed by atoms with Crippen molar-refractivity contribution in [1.29, 1.82) is 0 Å². The van der Waals surface area contributed by atoms with E-state index in [-0.39, 0.29) is 0 Å². The van der Waals surface area contributed by atoms with Crippen LogP contribution in [0.4, 0.5) is 0 Å². The van der Waals surface area contributed by atoms with Crippen molar-refractivity contribution in [3.63, 3.8) is 0 Å². The van der Waals surface area contributed by atoms with Gasteiger partial charge in [-0.15, -0.1) is 0 Å². The molecule has 2 N–H and O–H groups in total. The first kappa shape index (κ1) is 16.4. The van der Waals surface area contributed by atoms with Gasteiger partial charge in [0.2, 0.25) is 0 Å². The molecule has 3 heterocycles. The maximum Gasteiger partial charge on any atom is 0.145 e. The molecule has 4 radical (unpaired) electrons. The number of hydrogen-bond acceptors (Lipinski definition) is 3. The minimum atomic E-state index is -1.08. The molecular formula is C17H16B2N4O. The number of nitrogens with zero attached hydrogens (tertiary/aromatic N) is 3. The molecule has 0 amide bonds. The molecule has 0 bridgehead atoms. The molecule has 0 saturated heterocycles. The van der Waals surface area contributed by atoms with E-state index in [1.54, 1.807) is 20.0 Å². The third-order valence-corrected chi connectivity index (χ3v) is 3.70. The molecule has 0 aliphatic rings. The van der Waals surface area contributed by atoms with Gasteiger partial charge in [0.1, 0.15) is 27.0 Å². The van der Waals surface area contributed by atoms with Crippen molar-refractivity contribution < 1.29 is 5.11 Å². The Labute approximate surface area is 143 Å². The van der Waals surface area contributed by atoms with Crippen molar-refractivity contribution in [2.24, 2.45) is 0 Å². The van der Waals surface area contributed by atoms with Gasteiger partial charge in [0.05, 0.1) is 11.7 Å². The summed E-state index contributed by atoms with van der Waals surface area (Å²) in [6.07, 6.45) is 3.75. The van der Waals surface area contributed by atoms with E-state index in [0.29, 0.717) is 22.4 Å². The summed E-state index contributed by atoms with van der Waals surface area (Å²) in [4.78, 5) is 4.37. The van der Waals surface area contributed by atoms with Crippen molar-refractivity contribution >= 4 is 37.8 Å². The normalized spacial score (nSPS) is 11.5. The van der Waals surface area contributed by atoms with Crippen LogP contribution < -0.4 is 11.2 Å². The van der Waals surface area contributed by atoms with Crippen molar-refractivity contribution in [1.82, 2.24) is 19.7 Å². The molecule has 0 aromatic carbocycles. The highest BCUT2D eigenvalue weighted by Gasteiger charge is 2.16. The van der Waals surface area contributed by atoms with Crippen molar-refractivity contribution in [2.45, 2.75) is 32.9 Å². The molecule has 7 heteroatoms. The Morgan fingerprint density at radius 3 is 2.71 bits per heavy atom. The van der Waals surface area contributed by atoms with E-state index in [4.69, 9.17) is 15.7 Å². The maximum atomic E-state index is 9.76. The number of hydrogen-bond donors (Lipinski definition) is 2. The van der Waals surface area contributed by atoms with Gasteiger partial charge in [0, 0.05) is 34.8 Å². The van der Waals surface area contributed by atoms with Crippen LogP contribution in [0.5, 0.6) is 0 Å². The molecule has 0 unspecified atom stereocenters. The van der Waals surface area contributed by atoms with E-state index in [1.165, 1.54) is 0 Å². The molecule has 0 saturated carbocycles. The summed E-state index contributed by atoms with van der Waals surface area (Å²) in [5.74, 6) is 5.67. The number of H-pyrrole nitrogens is 1. The predicted octanol–water partition coefficient (Wildman–Crippen LogP) is 0.156. The second kappa shape index (κ2) is 5.88. The molecule has 24 heavy (non-hydrogen) atoms. The lowest BCUT2D eigenvalue weighted by atomic mass is 9.87. The highest BCUT2D eigenvalue weighted by atomic mass is 16.3. The molecule has 0 atom stereocenters. The highest BCUT2D eigenvalue weighted by molar-refractivity contribution is 6.43. The number of aryl methyl sites for hydroxylation is 1. The van der Waals surface area contributed by atoms with Crippen LogP contribution in [0.1, 0.15) is 26.5 Å². The third kappa shape index (κ3) is 2.98. The summed E-state index contributed by atoms with van der Waals surface area (Å²) in [5, 5.41) is 17.4. The zero-order chi connectivity index (χ0) is 17.5. The number of rotatable bonds is 2. The van der Waals surface area contributed by atoms with Crippen molar-refractivity contribution in [3.8, 4) is 23.0 Å². The predicted molar refractivity (Wildman–Crippen MR) is 96.9 cm³/mol. The molecule has 0 spiro atoms. The van der Waals surface area contributed by atoms with Crippen LogP contribution in [0.2, 0.25) is 0 Å². The number of pyridine rings is 1. The van der Waals surface area contributed by atoms with E-state index >= 15 is 0 Å². The zero-order valence-electron chi connectivity index (χ0n) is 13.9. The van der Waals surface area contributed by atoms with Crippen LogP contribution in [-0.2, 0) is 6.54 Å². The second-order valence-corrected chi connectivity index (χ2v) is 6.12. The number of aromatic amines is 1. The van der Waals surface area contributed by atoms with Gasteiger partial charge in [0.15, 0.2) is 0 Å². The van der Waals surface area contributed by atoms with Crippen LogP contribution in [-0.4, -0.2) is 46.1 Å². The minimum Gasteiger partial charge on any atom is -0.378 e. The van der Waals surface area contributed by atoms with Gasteiger partial charge in [-0.3, -0.25) is 5.10 Å². The van der Waals surface area contributed by atoms with Crippen LogP contribution in [0.3, 0.4) is 0 Å². The van der Waals surface area contributed by atoms with Crippen LogP contribution in [0, 0.1) is 11.8 Å². The van der Waals surface area contributed by atoms with E-state index < -0.39 is 5.60 Å². The van der Waals surface area contributed by atoms with Crippen molar-refractivity contribution in [3.05, 3.63) is 24.2 Å². The summed E-state index contributed by atoms with van der Waals surface area (Å²) in [7, 11) is 11.9. The van der Waals surface area contributed by atoms with Gasteiger partial charge in [-0.2, -0.15) is 5.10 Å². The number of fused-ring (bicyclic) bond motifs is 1. The highest BCUT2D eigenvalue weighted by Crippen LogP contribution is 2.28. The summed E-state index contributed by atoms with van der Waals surface area (Å²) < 4.78 is 2.07. The van der Waals surface area contributed by atoms with Gasteiger partial charge in [-0.1, -0.05) is 5.92 Å². The SMILES string of the molecule is [B]c1n[nH]c([B])c1-c1cn(CC)c2cnc(C#CC(C)(C)O)cc12. The smallest absolute Gasteiger partial charge is 0.145 e. The number of nitrogens with one attached hydrogen (secondary N) is 1. The molecule has 3 rings (SSSR count). The first-order chi connectivity index (χ1) is 11.3. The van der Waals surface area contributed by atoms with Crippen LogP contribution >= 0.6 is 0 Å². The lowest BCUT2D eigenvalue weighted by molar-refractivity contribution is 0.143. The lowest BCUT2D eigenvalue weighted by Crippen LogP contribution is -2.14. The second-order valence-electron chi connectivity index (χ2n) is 6.12. The average Bonchev–Trinajstić information content (AvgIpc) is 3.04. The van der Waals surface area contributed by atoms with E-state index in [1.807, 2.05) is 19.2 Å². The summed E-state index contributed by atoms with van der Waals surface area (Å²) in [5.41, 5.74) is 2.78. The lowest BCUT2D eigenvalue weighted by Gasteiger charge is -2.06. The molecule has 0 aliphatic heterocycles. The Kier molecular flexibility index (Phi) is 4.02. The quantitative estimate of drug-likeness (QED) is 0.523. The van der Waals surface area contributed by atoms with Crippen molar-refractivity contribution in [2.75, 3.05) is 0 Å². The number of aromatic nitrogens is 4. The van der Waals surface area contributed by atoms with Gasteiger partial charge in [0.25, 0.3) is 0 Å². The van der Waals surface area contributed by atoms with Gasteiger partial charge in [-0.25, -0.2) is 4.98 Å². The van der Waals surface area contributed by atoms with E-state index in [2.05, 4.69) is 31.6 Å². The first-order valence-corrected chi connectivity index (χ1v) is 7.64. The first-order valence-electron chi connectivity index (χ1n) is 7.64. The average molecular weight is 314 g/mol. The fourth-order valence-corrected chi connectivity index (χ4v) is 2.59. The van der Waals surface area contributed by atoms with Gasteiger partial charge in [-0.05, 0) is 38.4 Å². The fourth-order valence-electron chi connectivity index (χ4n) is 2.59. The maximum absolute atomic E-state index is 9.76. The summed E-state index contributed by atoms with van der Waals surface area (Å²) in [6, 6.07) is 1.88. The minimum absolute atomic E-state index is 0.351. The Balaban J connectivity index is 2.24. The number of aliphatic hydroxyl groups is 1. The van der Waals surface area contributed by atoms with Gasteiger partial charge < -0.3 is 9.67 Å². The molecule has 3 aromatic rings. The van der Waals surface area contributed by atoms with E-state index in [0.717, 1.165) is 23.0 Å². The molecule has 0 aliphatic carbocycles. The Bertz CT molecular complexity index is 951. The summed E-state index contributed by atoms with van der Waals surface area (Å²) in [6.45, 7) is 6.09. The van der Waals surface area contributed by atoms with E-state index in [9.17, 15) is 5.11 Å². The Morgan fingerprint density at radius 2 is 2.12 bits per heavy atom. The molecule has 116 valence electrons. The molecular weight excluding hydrogens is 298 g/mol. The van der Waals surface area contributed by atoms with Crippen LogP contribution in [0.25, 0.3) is 22.0 Å². The monoisotopic (exact) mass is 314 g/mol. The standard InChI is InChI=1S/C17H16B2N4O/c1-4-23-9-12(14-15(18)21-22-16(14)19)11-7-10(20-8-13(11)23)5-6-17(2,3)24/h7-9,24H,4H2,1-3H3,(H,21,22). The van der Waals surface area contributed by atoms with Gasteiger partial charge >= 0.3 is 0 Å². The van der Waals surface area contributed by atoms with Crippen LogP contribution in [0.15, 0.2) is 18.5 Å². The molecule has 0 fully saturated rings. The fraction of sp³-hybridized carbons (Fsp3) is 0.294. The summed E-state index contributed by atoms with van der Waals surface area (Å²) >= 11 is 0. The Hall–Kier alpha value is -2.45. The topological polar surface area (TPSA) is 66.7 Å². The third-order valence-electron chi connectivity index (χ3n) is 3.70. The largest absolute Gasteiger partial charge is 0.378 e. The zero-order valence-corrected chi connectivity index (χ0v) is 13.9.